The van der Waals surface area contributed by atoms with E-state index in [0.29, 0.717) is 29.4 Å². The summed E-state index contributed by atoms with van der Waals surface area (Å²) in [6.07, 6.45) is 2.26. The average Bonchev–Trinajstić information content (AvgIpc) is 3.22. The molecule has 3 aromatic rings. The van der Waals surface area contributed by atoms with E-state index in [2.05, 4.69) is 0 Å². The zero-order valence-corrected chi connectivity index (χ0v) is 19.9. The van der Waals surface area contributed by atoms with Crippen LogP contribution < -0.4 is 10.3 Å². The number of halogens is 1. The maximum Gasteiger partial charge on any atom is 0.407 e. The minimum Gasteiger partial charge on any atom is -0.493 e. The molecule has 1 aromatic heterocycles. The Morgan fingerprint density at radius 1 is 1.15 bits per heavy atom. The van der Waals surface area contributed by atoms with Gasteiger partial charge in [0.1, 0.15) is 5.75 Å². The van der Waals surface area contributed by atoms with Crippen LogP contribution in [0.1, 0.15) is 18.0 Å². The number of hydrogen-bond donors (Lipinski definition) is 1. The molecule has 0 spiro atoms. The number of likely N-dealkylation sites (tertiary alicyclic amines) is 1. The highest BCUT2D eigenvalue weighted by Crippen LogP contribution is 2.40. The summed E-state index contributed by atoms with van der Waals surface area (Å²) in [4.78, 5) is 26.0. The molecule has 1 fully saturated rings. The van der Waals surface area contributed by atoms with Crippen LogP contribution in [0.3, 0.4) is 0 Å². The number of ether oxygens (including phenoxy) is 1. The number of nitrogens with zero attached hydrogens (tertiary/aromatic N) is 2. The fourth-order valence-electron chi connectivity index (χ4n) is 4.20. The zero-order valence-electron chi connectivity index (χ0n) is 18.3. The van der Waals surface area contributed by atoms with Crippen molar-refractivity contribution in [2.24, 2.45) is 5.92 Å². The summed E-state index contributed by atoms with van der Waals surface area (Å²) in [7, 11) is -3.33. The van der Waals surface area contributed by atoms with Crippen molar-refractivity contribution in [2.45, 2.75) is 17.4 Å². The molecule has 8 nitrogen and oxygen atoms in total. The van der Waals surface area contributed by atoms with E-state index >= 15 is 0 Å². The maximum atomic E-state index is 12.7. The molecule has 0 radical (unpaired) electrons. The van der Waals surface area contributed by atoms with Crippen molar-refractivity contribution in [3.8, 4) is 11.4 Å². The average molecular weight is 503 g/mol. The second-order valence-electron chi connectivity index (χ2n) is 8.14. The second kappa shape index (κ2) is 9.52. The van der Waals surface area contributed by atoms with Crippen LogP contribution in [-0.4, -0.2) is 48.5 Å². The lowest BCUT2D eigenvalue weighted by atomic mass is 9.94. The highest BCUT2D eigenvalue weighted by Gasteiger charge is 2.39. The van der Waals surface area contributed by atoms with Crippen molar-refractivity contribution in [1.82, 2.24) is 9.47 Å². The lowest BCUT2D eigenvalue weighted by molar-refractivity contribution is 0.127. The van der Waals surface area contributed by atoms with E-state index in [9.17, 15) is 23.1 Å². The first-order chi connectivity index (χ1) is 16.1. The van der Waals surface area contributed by atoms with Gasteiger partial charge in [-0.3, -0.25) is 9.36 Å². The normalized spacial score (nSPS) is 18.1. The minimum atomic E-state index is -3.33. The molecular formula is C24H23ClN2O6S. The summed E-state index contributed by atoms with van der Waals surface area (Å²) in [5.74, 6) is 0.225. The van der Waals surface area contributed by atoms with Crippen LogP contribution in [0, 0.1) is 5.92 Å². The van der Waals surface area contributed by atoms with Gasteiger partial charge in [-0.25, -0.2) is 13.2 Å². The molecule has 2 aromatic carbocycles. The lowest BCUT2D eigenvalue weighted by Crippen LogP contribution is -2.32. The lowest BCUT2D eigenvalue weighted by Gasteiger charge is -2.27. The maximum absolute atomic E-state index is 12.7. The summed E-state index contributed by atoms with van der Waals surface area (Å²) in [6.45, 7) is 0.580. The summed E-state index contributed by atoms with van der Waals surface area (Å²) in [5, 5.41) is 10.1. The third kappa shape index (κ3) is 4.95. The number of benzene rings is 2. The number of carboxylic acid groups (broad SMARTS) is 1. The highest BCUT2D eigenvalue weighted by molar-refractivity contribution is 7.90. The van der Waals surface area contributed by atoms with Crippen LogP contribution in [0.4, 0.5) is 4.79 Å². The van der Waals surface area contributed by atoms with E-state index in [1.807, 2.05) is 12.1 Å². The summed E-state index contributed by atoms with van der Waals surface area (Å²) < 4.78 is 30.5. The van der Waals surface area contributed by atoms with E-state index in [0.717, 1.165) is 11.8 Å². The molecule has 0 saturated carbocycles. The second-order valence-corrected chi connectivity index (χ2v) is 10.6. The molecule has 2 atom stereocenters. The number of amides is 1. The van der Waals surface area contributed by atoms with E-state index in [1.165, 1.54) is 27.7 Å². The van der Waals surface area contributed by atoms with Gasteiger partial charge in [-0.1, -0.05) is 29.8 Å². The van der Waals surface area contributed by atoms with Crippen LogP contribution in [0.5, 0.6) is 5.75 Å². The molecule has 178 valence electrons. The van der Waals surface area contributed by atoms with Crippen LogP contribution in [-0.2, 0) is 9.84 Å². The molecule has 1 amide bonds. The Morgan fingerprint density at radius 3 is 2.47 bits per heavy atom. The fraction of sp³-hybridized carbons (Fsp3) is 0.250. The molecule has 1 saturated heterocycles. The monoisotopic (exact) mass is 502 g/mol. The van der Waals surface area contributed by atoms with Crippen molar-refractivity contribution in [1.29, 1.82) is 0 Å². The first-order valence-electron chi connectivity index (χ1n) is 10.5. The number of aromatic nitrogens is 1. The topological polar surface area (TPSA) is 106 Å². The number of rotatable bonds is 6. The Hall–Kier alpha value is -3.30. The third-order valence-corrected chi connectivity index (χ3v) is 7.36. The highest BCUT2D eigenvalue weighted by atomic mass is 35.5. The molecule has 2 unspecified atom stereocenters. The van der Waals surface area contributed by atoms with Gasteiger partial charge < -0.3 is 14.7 Å². The van der Waals surface area contributed by atoms with Gasteiger partial charge in [0.15, 0.2) is 9.84 Å². The number of carbonyl (C=O) groups is 1. The first kappa shape index (κ1) is 23.8. The molecule has 0 bridgehead atoms. The standard InChI is InChI=1S/C24H23ClN2O6S/c1-34(31,32)19-8-6-17(7-9-19)26-13-11-18(14-22(26)28)33-15-16-10-12-27(24(29)30)23(16)20-4-2-3-5-21(20)25/h2-9,11,13-14,16,23H,10,12,15H2,1H3,(H,29,30). The van der Waals surface area contributed by atoms with Gasteiger partial charge >= 0.3 is 6.09 Å². The van der Waals surface area contributed by atoms with Crippen LogP contribution in [0.2, 0.25) is 5.02 Å². The number of pyridine rings is 1. The van der Waals surface area contributed by atoms with Crippen molar-refractivity contribution in [3.63, 3.8) is 0 Å². The molecular weight excluding hydrogens is 480 g/mol. The Balaban J connectivity index is 1.51. The van der Waals surface area contributed by atoms with Gasteiger partial charge in [0.05, 0.1) is 17.5 Å². The number of hydrogen-bond acceptors (Lipinski definition) is 5. The van der Waals surface area contributed by atoms with E-state index in [-0.39, 0.29) is 23.0 Å². The number of sulfone groups is 1. The van der Waals surface area contributed by atoms with E-state index in [1.54, 1.807) is 36.5 Å². The van der Waals surface area contributed by atoms with Crippen LogP contribution in [0.15, 0.2) is 76.6 Å². The molecule has 34 heavy (non-hydrogen) atoms. The van der Waals surface area contributed by atoms with Crippen molar-refractivity contribution >= 4 is 27.5 Å². The molecule has 1 aliphatic heterocycles. The van der Waals surface area contributed by atoms with Crippen molar-refractivity contribution in [3.05, 3.63) is 87.8 Å². The Bertz CT molecular complexity index is 1370. The first-order valence-corrected chi connectivity index (χ1v) is 12.8. The SMILES string of the molecule is CS(=O)(=O)c1ccc(-n2ccc(OCC3CCN(C(=O)O)C3c3ccccc3Cl)cc2=O)cc1. The Kier molecular flexibility index (Phi) is 6.67. The van der Waals surface area contributed by atoms with Crippen molar-refractivity contribution < 1.29 is 23.1 Å². The fourth-order valence-corrected chi connectivity index (χ4v) is 5.08. The predicted molar refractivity (Wildman–Crippen MR) is 128 cm³/mol. The van der Waals surface area contributed by atoms with Gasteiger partial charge in [-0.2, -0.15) is 0 Å². The smallest absolute Gasteiger partial charge is 0.407 e. The Labute approximate surface area is 201 Å². The Morgan fingerprint density at radius 2 is 1.85 bits per heavy atom. The van der Waals surface area contributed by atoms with E-state index < -0.39 is 22.0 Å². The summed E-state index contributed by atoms with van der Waals surface area (Å²) >= 11 is 6.35. The van der Waals surface area contributed by atoms with Crippen LogP contribution in [0.25, 0.3) is 5.69 Å². The third-order valence-electron chi connectivity index (χ3n) is 5.89. The van der Waals surface area contributed by atoms with Gasteiger partial charge in [-0.15, -0.1) is 0 Å². The quantitative estimate of drug-likeness (QED) is 0.546. The molecule has 2 heterocycles. The predicted octanol–water partition coefficient (Wildman–Crippen LogP) is 4.01. The molecule has 1 aliphatic rings. The summed E-state index contributed by atoms with van der Waals surface area (Å²) in [5.41, 5.74) is 0.909. The molecule has 0 aliphatic carbocycles. The van der Waals surface area contributed by atoms with Crippen LogP contribution >= 0.6 is 11.6 Å². The molecule has 1 N–H and O–H groups in total. The van der Waals surface area contributed by atoms with Gasteiger partial charge in [0.25, 0.3) is 5.56 Å². The zero-order chi connectivity index (χ0) is 24.5. The van der Waals surface area contributed by atoms with Gasteiger partial charge in [-0.05, 0) is 48.4 Å². The molecule has 10 heteroatoms. The minimum absolute atomic E-state index is 0.137. The van der Waals surface area contributed by atoms with Gasteiger partial charge in [0, 0.05) is 41.7 Å². The van der Waals surface area contributed by atoms with E-state index in [4.69, 9.17) is 16.3 Å². The molecule has 4 rings (SSSR count). The van der Waals surface area contributed by atoms with Crippen molar-refractivity contribution in [2.75, 3.05) is 19.4 Å². The van der Waals surface area contributed by atoms with Gasteiger partial charge in [0.2, 0.25) is 0 Å². The largest absolute Gasteiger partial charge is 0.493 e. The summed E-state index contributed by atoms with van der Waals surface area (Å²) in [6, 6.07) is 15.7.